The molecule has 6 nitrogen and oxygen atoms in total. The van der Waals surface area contributed by atoms with Gasteiger partial charge in [-0.2, -0.15) is 4.52 Å². The van der Waals surface area contributed by atoms with Crippen LogP contribution in [0.2, 0.25) is 0 Å². The molecule has 0 aliphatic heterocycles. The van der Waals surface area contributed by atoms with Crippen molar-refractivity contribution in [2.24, 2.45) is 5.92 Å². The van der Waals surface area contributed by atoms with Crippen LogP contribution in [0.3, 0.4) is 0 Å². The first kappa shape index (κ1) is 17.7. The van der Waals surface area contributed by atoms with E-state index in [9.17, 15) is 9.18 Å². The number of halogens is 1. The largest absolute Gasteiger partial charge is 0.334 e. The average Bonchev–Trinajstić information content (AvgIpc) is 3.44. The monoisotopic (exact) mass is 389 g/mol. The summed E-state index contributed by atoms with van der Waals surface area (Å²) >= 11 is 0. The number of nitrogens with zero attached hydrogens (tertiary/aromatic N) is 5. The Hall–Kier alpha value is -3.35. The molecule has 0 saturated heterocycles. The highest BCUT2D eigenvalue weighted by atomic mass is 19.1. The quantitative estimate of drug-likeness (QED) is 0.523. The molecule has 5 rings (SSSR count). The van der Waals surface area contributed by atoms with Crippen LogP contribution in [0.25, 0.3) is 16.6 Å². The fraction of sp³-hybridized carbons (Fsp3) is 0.273. The molecule has 0 bridgehead atoms. The zero-order chi connectivity index (χ0) is 20.0. The number of hydrogen-bond acceptors (Lipinski definition) is 4. The standard InChI is InChI=1S/C22H20FN5O/c1-14-2-9-20-17(10-14)11-18(21-24-25-26-28(20)21)13-27(22(29)16-5-6-16)12-15-3-7-19(23)8-4-15/h2-4,7-11,16H,5-6,12-13H2,1H3. The zero-order valence-electron chi connectivity index (χ0n) is 16.0. The van der Waals surface area contributed by atoms with Gasteiger partial charge in [-0.05, 0) is 66.1 Å². The van der Waals surface area contributed by atoms with Crippen molar-refractivity contribution in [3.05, 3.63) is 71.0 Å². The molecule has 0 N–H and O–H groups in total. The van der Waals surface area contributed by atoms with E-state index >= 15 is 0 Å². The number of pyridine rings is 1. The summed E-state index contributed by atoms with van der Waals surface area (Å²) in [5.41, 5.74) is 4.51. The molecule has 1 amide bonds. The second-order valence-corrected chi connectivity index (χ2v) is 7.74. The van der Waals surface area contributed by atoms with E-state index in [1.54, 1.807) is 16.6 Å². The van der Waals surface area contributed by atoms with Crippen LogP contribution in [0.4, 0.5) is 4.39 Å². The van der Waals surface area contributed by atoms with Crippen molar-refractivity contribution >= 4 is 22.5 Å². The molecule has 0 radical (unpaired) electrons. The highest BCUT2D eigenvalue weighted by Gasteiger charge is 2.33. The highest BCUT2D eigenvalue weighted by Crippen LogP contribution is 2.32. The third-order valence-electron chi connectivity index (χ3n) is 5.38. The normalized spacial score (nSPS) is 13.9. The summed E-state index contributed by atoms with van der Waals surface area (Å²) < 4.78 is 15.0. The van der Waals surface area contributed by atoms with Gasteiger partial charge in [-0.1, -0.05) is 23.8 Å². The number of hydrogen-bond donors (Lipinski definition) is 0. The first-order chi connectivity index (χ1) is 14.1. The Morgan fingerprint density at radius 3 is 2.69 bits per heavy atom. The molecule has 1 saturated carbocycles. The van der Waals surface area contributed by atoms with Crippen LogP contribution >= 0.6 is 0 Å². The first-order valence-corrected chi connectivity index (χ1v) is 9.72. The van der Waals surface area contributed by atoms with Crippen molar-refractivity contribution in [3.63, 3.8) is 0 Å². The van der Waals surface area contributed by atoms with Crippen LogP contribution in [0, 0.1) is 18.7 Å². The van der Waals surface area contributed by atoms with Gasteiger partial charge in [0.25, 0.3) is 0 Å². The van der Waals surface area contributed by atoms with E-state index in [-0.39, 0.29) is 17.6 Å². The molecule has 0 unspecified atom stereocenters. The van der Waals surface area contributed by atoms with Gasteiger partial charge in [0.15, 0.2) is 5.65 Å². The molecule has 2 aromatic carbocycles. The molecule has 146 valence electrons. The van der Waals surface area contributed by atoms with E-state index in [1.165, 1.54) is 12.1 Å². The van der Waals surface area contributed by atoms with E-state index in [0.717, 1.165) is 40.4 Å². The first-order valence-electron chi connectivity index (χ1n) is 9.72. The van der Waals surface area contributed by atoms with Gasteiger partial charge in [0.2, 0.25) is 5.91 Å². The maximum atomic E-state index is 13.3. The lowest BCUT2D eigenvalue weighted by atomic mass is 10.1. The number of rotatable bonds is 5. The Morgan fingerprint density at radius 2 is 1.93 bits per heavy atom. The Labute approximate surface area is 166 Å². The summed E-state index contributed by atoms with van der Waals surface area (Å²) in [5.74, 6) is -0.0654. The van der Waals surface area contributed by atoms with Gasteiger partial charge in [-0.3, -0.25) is 4.79 Å². The van der Waals surface area contributed by atoms with Gasteiger partial charge < -0.3 is 4.90 Å². The summed E-state index contributed by atoms with van der Waals surface area (Å²) in [5, 5.41) is 13.2. The summed E-state index contributed by atoms with van der Waals surface area (Å²) in [6.45, 7) is 2.87. The van der Waals surface area contributed by atoms with Gasteiger partial charge in [-0.15, -0.1) is 5.10 Å². The number of aryl methyl sites for hydroxylation is 1. The van der Waals surface area contributed by atoms with Gasteiger partial charge in [0, 0.05) is 30.0 Å². The van der Waals surface area contributed by atoms with E-state index < -0.39 is 0 Å². The van der Waals surface area contributed by atoms with Crippen LogP contribution in [0.5, 0.6) is 0 Å². The molecule has 0 atom stereocenters. The van der Waals surface area contributed by atoms with Crippen LogP contribution in [-0.2, 0) is 17.9 Å². The van der Waals surface area contributed by atoms with Crippen molar-refractivity contribution in [3.8, 4) is 0 Å². The predicted octanol–water partition coefficient (Wildman–Crippen LogP) is 3.66. The third kappa shape index (κ3) is 3.44. The lowest BCUT2D eigenvalue weighted by Gasteiger charge is -2.23. The minimum absolute atomic E-state index is 0.0881. The maximum Gasteiger partial charge on any atom is 0.226 e. The number of aromatic nitrogens is 4. The second kappa shape index (κ2) is 6.92. The van der Waals surface area contributed by atoms with Crippen molar-refractivity contribution in [2.45, 2.75) is 32.9 Å². The molecule has 7 heteroatoms. The fourth-order valence-corrected chi connectivity index (χ4v) is 3.72. The Bertz CT molecular complexity index is 1210. The Balaban J connectivity index is 1.54. The zero-order valence-corrected chi connectivity index (χ0v) is 16.0. The lowest BCUT2D eigenvalue weighted by molar-refractivity contribution is -0.133. The molecule has 2 aromatic heterocycles. The van der Waals surface area contributed by atoms with Crippen molar-refractivity contribution in [2.75, 3.05) is 0 Å². The smallest absolute Gasteiger partial charge is 0.226 e. The van der Waals surface area contributed by atoms with Gasteiger partial charge >= 0.3 is 0 Å². The van der Waals surface area contributed by atoms with Crippen LogP contribution in [0.1, 0.15) is 29.5 Å². The topological polar surface area (TPSA) is 63.4 Å². The number of tetrazole rings is 1. The molecular weight excluding hydrogens is 369 g/mol. The molecule has 1 aliphatic rings. The van der Waals surface area contributed by atoms with E-state index in [1.807, 2.05) is 24.0 Å². The number of carbonyl (C=O) groups excluding carboxylic acids is 1. The second-order valence-electron chi connectivity index (χ2n) is 7.74. The van der Waals surface area contributed by atoms with E-state index in [0.29, 0.717) is 18.7 Å². The number of amides is 1. The van der Waals surface area contributed by atoms with Crippen molar-refractivity contribution in [1.82, 2.24) is 24.9 Å². The average molecular weight is 389 g/mol. The minimum atomic E-state index is -0.282. The molecule has 4 aromatic rings. The Kier molecular flexibility index (Phi) is 4.23. The number of fused-ring (bicyclic) bond motifs is 3. The Morgan fingerprint density at radius 1 is 1.14 bits per heavy atom. The predicted molar refractivity (Wildman–Crippen MR) is 106 cm³/mol. The van der Waals surface area contributed by atoms with Gasteiger partial charge in [-0.25, -0.2) is 4.39 Å². The summed E-state index contributed by atoms with van der Waals surface area (Å²) in [6.07, 6.45) is 1.86. The lowest BCUT2D eigenvalue weighted by Crippen LogP contribution is -2.31. The molecule has 1 fully saturated rings. The van der Waals surface area contributed by atoms with Crippen molar-refractivity contribution < 1.29 is 9.18 Å². The molecule has 2 heterocycles. The molecular formula is C22H20FN5O. The van der Waals surface area contributed by atoms with Crippen molar-refractivity contribution in [1.29, 1.82) is 0 Å². The highest BCUT2D eigenvalue weighted by molar-refractivity contribution is 5.84. The molecule has 29 heavy (non-hydrogen) atoms. The molecule has 1 aliphatic carbocycles. The summed E-state index contributed by atoms with van der Waals surface area (Å²) in [7, 11) is 0. The van der Waals surface area contributed by atoms with E-state index in [2.05, 4.69) is 27.7 Å². The van der Waals surface area contributed by atoms with Crippen LogP contribution in [0.15, 0.2) is 48.5 Å². The third-order valence-corrected chi connectivity index (χ3v) is 5.38. The minimum Gasteiger partial charge on any atom is -0.334 e. The fourth-order valence-electron chi connectivity index (χ4n) is 3.72. The van der Waals surface area contributed by atoms with Crippen LogP contribution in [-0.4, -0.2) is 30.8 Å². The number of benzene rings is 2. The maximum absolute atomic E-state index is 13.3. The van der Waals surface area contributed by atoms with Crippen LogP contribution < -0.4 is 0 Å². The van der Waals surface area contributed by atoms with E-state index in [4.69, 9.17) is 0 Å². The van der Waals surface area contributed by atoms with Gasteiger partial charge in [0.1, 0.15) is 5.82 Å². The summed E-state index contributed by atoms with van der Waals surface area (Å²) in [4.78, 5) is 14.8. The van der Waals surface area contributed by atoms with Gasteiger partial charge in [0.05, 0.1) is 5.52 Å². The SMILES string of the molecule is Cc1ccc2c(c1)cc(CN(Cc1ccc(F)cc1)C(=O)C1CC1)c1nnnn12. The number of carbonyl (C=O) groups is 1. The summed E-state index contributed by atoms with van der Waals surface area (Å²) in [6, 6.07) is 14.5. The molecule has 0 spiro atoms.